The van der Waals surface area contributed by atoms with E-state index in [0.29, 0.717) is 33.0 Å². The number of hydrogen-bond acceptors (Lipinski definition) is 5. The molecule has 0 saturated carbocycles. The summed E-state index contributed by atoms with van der Waals surface area (Å²) in [7, 11) is 0. The normalized spacial score (nSPS) is 10.7. The van der Waals surface area contributed by atoms with Gasteiger partial charge in [0.1, 0.15) is 5.75 Å². The number of aryl methyl sites for hydroxylation is 1. The molecule has 2 amide bonds. The van der Waals surface area contributed by atoms with Crippen molar-refractivity contribution in [2.75, 3.05) is 5.32 Å². The second-order valence-electron chi connectivity index (χ2n) is 8.18. The summed E-state index contributed by atoms with van der Waals surface area (Å²) in [5.41, 5.74) is 5.50. The topological polar surface area (TPSA) is 96.9 Å². The Bertz CT molecular complexity index is 1540. The number of amides is 2. The van der Waals surface area contributed by atoms with E-state index in [0.717, 1.165) is 10.0 Å². The lowest BCUT2D eigenvalue weighted by Gasteiger charge is -2.09. The average molecular weight is 591 g/mol. The SMILES string of the molecule is Cc1cccc(C(=O)Nc2cccc(C(=O)NN=Cc3cc(Br)ccc3OC(=O)c3ccc(Cl)cc3)c2)c1. The number of rotatable bonds is 7. The summed E-state index contributed by atoms with van der Waals surface area (Å²) in [6.07, 6.45) is 1.37. The molecular formula is C29H21BrClN3O4. The van der Waals surface area contributed by atoms with Gasteiger partial charge in [-0.2, -0.15) is 5.10 Å². The lowest BCUT2D eigenvalue weighted by atomic mass is 10.1. The highest BCUT2D eigenvalue weighted by Gasteiger charge is 2.13. The van der Waals surface area contributed by atoms with Gasteiger partial charge in [0.15, 0.2) is 0 Å². The van der Waals surface area contributed by atoms with Crippen LogP contribution in [0, 0.1) is 6.92 Å². The molecule has 0 aromatic heterocycles. The molecule has 4 aromatic carbocycles. The van der Waals surface area contributed by atoms with Gasteiger partial charge in [0.25, 0.3) is 11.8 Å². The number of esters is 1. The van der Waals surface area contributed by atoms with Crippen LogP contribution in [0.4, 0.5) is 5.69 Å². The number of ether oxygens (including phenoxy) is 1. The number of anilines is 1. The van der Waals surface area contributed by atoms with Crippen molar-refractivity contribution in [2.45, 2.75) is 6.92 Å². The fourth-order valence-electron chi connectivity index (χ4n) is 3.41. The standard InChI is InChI=1S/C29H21BrClN3O4/c1-18-4-2-5-20(14-18)27(35)33-25-7-3-6-21(16-25)28(36)34-32-17-22-15-23(30)10-13-26(22)38-29(37)19-8-11-24(31)12-9-19/h2-17H,1H3,(H,33,35)(H,34,36). The highest BCUT2D eigenvalue weighted by molar-refractivity contribution is 9.10. The second kappa shape index (κ2) is 12.3. The molecule has 38 heavy (non-hydrogen) atoms. The van der Waals surface area contributed by atoms with E-state index in [-0.39, 0.29) is 11.7 Å². The highest BCUT2D eigenvalue weighted by Crippen LogP contribution is 2.23. The van der Waals surface area contributed by atoms with Crippen LogP contribution >= 0.6 is 27.5 Å². The molecule has 190 valence electrons. The van der Waals surface area contributed by atoms with Crippen molar-refractivity contribution >= 4 is 57.2 Å². The first-order chi connectivity index (χ1) is 18.3. The maximum absolute atomic E-state index is 12.7. The van der Waals surface area contributed by atoms with Crippen molar-refractivity contribution in [2.24, 2.45) is 5.10 Å². The third-order valence-corrected chi connectivity index (χ3v) is 6.03. The zero-order chi connectivity index (χ0) is 27.1. The Kier molecular flexibility index (Phi) is 8.68. The second-order valence-corrected chi connectivity index (χ2v) is 9.53. The van der Waals surface area contributed by atoms with Gasteiger partial charge in [-0.3, -0.25) is 9.59 Å². The molecule has 0 spiro atoms. The number of hydrazone groups is 1. The Hall–Kier alpha value is -4.27. The summed E-state index contributed by atoms with van der Waals surface area (Å²) in [6.45, 7) is 1.91. The first-order valence-electron chi connectivity index (χ1n) is 11.4. The van der Waals surface area contributed by atoms with Crippen LogP contribution in [-0.2, 0) is 0 Å². The van der Waals surface area contributed by atoms with E-state index in [4.69, 9.17) is 16.3 Å². The summed E-state index contributed by atoms with van der Waals surface area (Å²) in [6, 6.07) is 25.1. The van der Waals surface area contributed by atoms with Gasteiger partial charge in [0.2, 0.25) is 0 Å². The van der Waals surface area contributed by atoms with Gasteiger partial charge < -0.3 is 10.1 Å². The Balaban J connectivity index is 1.43. The maximum atomic E-state index is 12.7. The first kappa shape index (κ1) is 26.8. The maximum Gasteiger partial charge on any atom is 0.343 e. The molecule has 0 radical (unpaired) electrons. The molecule has 4 rings (SSSR count). The van der Waals surface area contributed by atoms with Crippen molar-refractivity contribution in [3.05, 3.63) is 128 Å². The van der Waals surface area contributed by atoms with Crippen LogP contribution in [0.3, 0.4) is 0 Å². The highest BCUT2D eigenvalue weighted by atomic mass is 79.9. The number of nitrogens with zero attached hydrogens (tertiary/aromatic N) is 1. The summed E-state index contributed by atoms with van der Waals surface area (Å²) in [4.78, 5) is 37.7. The van der Waals surface area contributed by atoms with E-state index >= 15 is 0 Å². The number of halogens is 2. The smallest absolute Gasteiger partial charge is 0.343 e. The number of nitrogens with one attached hydrogen (secondary N) is 2. The van der Waals surface area contributed by atoms with Crippen molar-refractivity contribution in [1.29, 1.82) is 0 Å². The summed E-state index contributed by atoms with van der Waals surface area (Å²) >= 11 is 9.26. The number of hydrogen-bond donors (Lipinski definition) is 2. The Labute approximate surface area is 232 Å². The van der Waals surface area contributed by atoms with Gasteiger partial charge in [-0.05, 0) is 79.7 Å². The quantitative estimate of drug-likeness (QED) is 0.109. The van der Waals surface area contributed by atoms with E-state index in [9.17, 15) is 14.4 Å². The molecular weight excluding hydrogens is 570 g/mol. The van der Waals surface area contributed by atoms with Crippen molar-refractivity contribution in [3.63, 3.8) is 0 Å². The number of carbonyl (C=O) groups excluding carboxylic acids is 3. The minimum absolute atomic E-state index is 0.256. The van der Waals surface area contributed by atoms with E-state index in [1.807, 2.05) is 13.0 Å². The lowest BCUT2D eigenvalue weighted by Crippen LogP contribution is -2.18. The number of benzene rings is 4. The van der Waals surface area contributed by atoms with E-state index in [1.165, 1.54) is 6.21 Å². The van der Waals surface area contributed by atoms with E-state index < -0.39 is 11.9 Å². The van der Waals surface area contributed by atoms with Gasteiger partial charge in [-0.15, -0.1) is 0 Å². The van der Waals surface area contributed by atoms with E-state index in [1.54, 1.807) is 84.9 Å². The summed E-state index contributed by atoms with van der Waals surface area (Å²) in [5.74, 6) is -1.07. The minimum Gasteiger partial charge on any atom is -0.422 e. The monoisotopic (exact) mass is 589 g/mol. The van der Waals surface area contributed by atoms with Crippen LogP contribution in [0.1, 0.15) is 42.2 Å². The Morgan fingerprint density at radius 1 is 0.842 bits per heavy atom. The molecule has 0 aliphatic carbocycles. The predicted octanol–water partition coefficient (Wildman–Crippen LogP) is 6.65. The van der Waals surface area contributed by atoms with Crippen LogP contribution in [-0.4, -0.2) is 24.0 Å². The third-order valence-electron chi connectivity index (χ3n) is 5.29. The Morgan fingerprint density at radius 3 is 2.29 bits per heavy atom. The van der Waals surface area contributed by atoms with Crippen LogP contribution in [0.5, 0.6) is 5.75 Å². The van der Waals surface area contributed by atoms with Gasteiger partial charge in [0, 0.05) is 31.9 Å². The molecule has 2 N–H and O–H groups in total. The molecule has 4 aromatic rings. The van der Waals surface area contributed by atoms with Crippen LogP contribution < -0.4 is 15.5 Å². The molecule has 0 aliphatic heterocycles. The molecule has 9 heteroatoms. The number of carbonyl (C=O) groups is 3. The summed E-state index contributed by atoms with van der Waals surface area (Å²) < 4.78 is 6.25. The zero-order valence-electron chi connectivity index (χ0n) is 20.1. The van der Waals surface area contributed by atoms with E-state index in [2.05, 4.69) is 31.8 Å². The van der Waals surface area contributed by atoms with Crippen molar-refractivity contribution in [3.8, 4) is 5.75 Å². The molecule has 0 heterocycles. The third kappa shape index (κ3) is 7.15. The van der Waals surface area contributed by atoms with Gasteiger partial charge in [-0.25, -0.2) is 10.2 Å². The lowest BCUT2D eigenvalue weighted by molar-refractivity contribution is 0.0734. The van der Waals surface area contributed by atoms with Crippen LogP contribution in [0.15, 0.2) is 101 Å². The van der Waals surface area contributed by atoms with Gasteiger partial charge in [-0.1, -0.05) is 51.3 Å². The molecule has 0 saturated heterocycles. The van der Waals surface area contributed by atoms with Crippen molar-refractivity contribution in [1.82, 2.24) is 5.43 Å². The fourth-order valence-corrected chi connectivity index (χ4v) is 3.92. The van der Waals surface area contributed by atoms with Crippen LogP contribution in [0.2, 0.25) is 5.02 Å². The summed E-state index contributed by atoms with van der Waals surface area (Å²) in [5, 5.41) is 7.32. The van der Waals surface area contributed by atoms with Crippen molar-refractivity contribution < 1.29 is 19.1 Å². The first-order valence-corrected chi connectivity index (χ1v) is 12.5. The zero-order valence-corrected chi connectivity index (χ0v) is 22.4. The van der Waals surface area contributed by atoms with Crippen LogP contribution in [0.25, 0.3) is 0 Å². The molecule has 0 aliphatic rings. The minimum atomic E-state index is -0.563. The molecule has 0 unspecified atom stereocenters. The van der Waals surface area contributed by atoms with Gasteiger partial charge >= 0.3 is 5.97 Å². The fraction of sp³-hybridized carbons (Fsp3) is 0.0345. The predicted molar refractivity (Wildman–Crippen MR) is 151 cm³/mol. The molecule has 0 fully saturated rings. The molecule has 0 atom stereocenters. The molecule has 7 nitrogen and oxygen atoms in total. The molecule has 0 bridgehead atoms. The Morgan fingerprint density at radius 2 is 1.55 bits per heavy atom. The average Bonchev–Trinajstić information content (AvgIpc) is 2.90. The van der Waals surface area contributed by atoms with Gasteiger partial charge in [0.05, 0.1) is 11.8 Å². The largest absolute Gasteiger partial charge is 0.422 e.